The molecule has 0 bridgehead atoms. The summed E-state index contributed by atoms with van der Waals surface area (Å²) in [5.41, 5.74) is 4.03. The van der Waals surface area contributed by atoms with Crippen LogP contribution in [0.5, 0.6) is 0 Å². The number of primary amides is 1. The fourth-order valence-electron chi connectivity index (χ4n) is 3.64. The molecule has 1 amide bonds. The third kappa shape index (κ3) is 4.18. The minimum atomic E-state index is -4.78. The van der Waals surface area contributed by atoms with E-state index in [1.807, 2.05) is 13.8 Å². The Labute approximate surface area is 171 Å². The van der Waals surface area contributed by atoms with Gasteiger partial charge in [-0.3, -0.25) is 9.59 Å². The van der Waals surface area contributed by atoms with Crippen molar-refractivity contribution < 1.29 is 27.9 Å². The maximum atomic E-state index is 13.6. The second-order valence-corrected chi connectivity index (χ2v) is 8.34. The topological polar surface area (TPSA) is 110 Å². The summed E-state index contributed by atoms with van der Waals surface area (Å²) < 4.78 is 41.9. The Morgan fingerprint density at radius 1 is 1.37 bits per heavy atom. The summed E-state index contributed by atoms with van der Waals surface area (Å²) in [5, 5.41) is 16.1. The van der Waals surface area contributed by atoms with Gasteiger partial charge in [-0.05, 0) is 37.0 Å². The number of aliphatic hydroxyl groups is 1. The number of hydrogen-bond acceptors (Lipinski definition) is 5. The third-order valence-electron chi connectivity index (χ3n) is 4.91. The lowest BCUT2D eigenvalue weighted by molar-refractivity contribution is -0.141. The van der Waals surface area contributed by atoms with E-state index in [2.05, 4.69) is 10.4 Å². The largest absolute Gasteiger partial charge is 0.435 e. The molecule has 1 aromatic heterocycles. The van der Waals surface area contributed by atoms with E-state index in [0.29, 0.717) is 0 Å². The first-order valence-electron chi connectivity index (χ1n) is 9.38. The van der Waals surface area contributed by atoms with Gasteiger partial charge in [0, 0.05) is 18.7 Å². The smallest absolute Gasteiger partial charge is 0.392 e. The first-order valence-corrected chi connectivity index (χ1v) is 9.38. The predicted molar refractivity (Wildman–Crippen MR) is 104 cm³/mol. The molecular formula is C20H23F3N4O3. The second-order valence-electron chi connectivity index (χ2n) is 8.34. The van der Waals surface area contributed by atoms with Crippen molar-refractivity contribution in [2.75, 3.05) is 11.9 Å². The van der Waals surface area contributed by atoms with Crippen LogP contribution < -0.4 is 11.1 Å². The zero-order valence-corrected chi connectivity index (χ0v) is 16.8. The third-order valence-corrected chi connectivity index (χ3v) is 4.91. The minimum Gasteiger partial charge on any atom is -0.392 e. The van der Waals surface area contributed by atoms with Crippen molar-refractivity contribution in [2.45, 2.75) is 45.9 Å². The van der Waals surface area contributed by atoms with Crippen LogP contribution in [0.3, 0.4) is 0 Å². The van der Waals surface area contributed by atoms with Crippen LogP contribution in [0.1, 0.15) is 59.3 Å². The summed E-state index contributed by atoms with van der Waals surface area (Å²) in [7, 11) is 0. The van der Waals surface area contributed by atoms with Crippen LogP contribution in [0.2, 0.25) is 0 Å². The van der Waals surface area contributed by atoms with Crippen LogP contribution >= 0.6 is 0 Å². The number of nitrogens with two attached hydrogens (primary N) is 1. The number of alkyl halides is 3. The second kappa shape index (κ2) is 7.42. The molecule has 2 aromatic rings. The molecule has 0 aliphatic heterocycles. The van der Waals surface area contributed by atoms with Crippen LogP contribution in [0.15, 0.2) is 18.2 Å². The van der Waals surface area contributed by atoms with E-state index in [-0.39, 0.29) is 42.0 Å². The number of aliphatic hydroxyl groups excluding tert-OH is 1. The molecule has 0 unspecified atom stereocenters. The Balaban J connectivity index is 2.20. The molecule has 162 valence electrons. The van der Waals surface area contributed by atoms with Gasteiger partial charge in [-0.15, -0.1) is 0 Å². The van der Waals surface area contributed by atoms with Gasteiger partial charge in [-0.2, -0.15) is 18.3 Å². The highest BCUT2D eigenvalue weighted by atomic mass is 19.4. The Kier molecular flexibility index (Phi) is 5.40. The van der Waals surface area contributed by atoms with E-state index in [0.717, 1.165) is 4.68 Å². The number of ketones is 1. The number of aromatic nitrogens is 2. The van der Waals surface area contributed by atoms with E-state index in [1.165, 1.54) is 25.1 Å². The predicted octanol–water partition coefficient (Wildman–Crippen LogP) is 2.94. The molecule has 1 aliphatic carbocycles. The Bertz CT molecular complexity index is 1010. The minimum absolute atomic E-state index is 0.00339. The van der Waals surface area contributed by atoms with Crippen LogP contribution in [0.25, 0.3) is 5.69 Å². The summed E-state index contributed by atoms with van der Waals surface area (Å²) in [6, 6.07) is 4.23. The van der Waals surface area contributed by atoms with Crippen molar-refractivity contribution in [3.05, 3.63) is 40.7 Å². The summed E-state index contributed by atoms with van der Waals surface area (Å²) in [6.45, 7) is 5.25. The number of carbonyl (C=O) groups excluding carboxylic acids is 2. The van der Waals surface area contributed by atoms with Gasteiger partial charge >= 0.3 is 6.18 Å². The standard InChI is InChI=1S/C20H23F3N4O3/c1-10(28)9-25-13-6-11(4-5-12(13)18(24)30)27-14-7-19(2,3)8-15(29)16(14)17(26-27)20(21,22)23/h4-6,10,25,28H,7-9H2,1-3H3,(H2,24,30)/t10-/m0/s1. The van der Waals surface area contributed by atoms with Crippen LogP contribution in [0.4, 0.5) is 18.9 Å². The monoisotopic (exact) mass is 424 g/mol. The average Bonchev–Trinajstić information content (AvgIpc) is 2.98. The van der Waals surface area contributed by atoms with Gasteiger partial charge in [-0.1, -0.05) is 13.8 Å². The Morgan fingerprint density at radius 2 is 2.03 bits per heavy atom. The van der Waals surface area contributed by atoms with E-state index in [9.17, 15) is 27.9 Å². The van der Waals surface area contributed by atoms with Gasteiger partial charge in [0.25, 0.3) is 5.91 Å². The fraction of sp³-hybridized carbons (Fsp3) is 0.450. The lowest BCUT2D eigenvalue weighted by Crippen LogP contribution is -2.29. The molecule has 1 atom stereocenters. The summed E-state index contributed by atoms with van der Waals surface area (Å²) in [4.78, 5) is 24.3. The Morgan fingerprint density at radius 3 is 2.60 bits per heavy atom. The molecule has 30 heavy (non-hydrogen) atoms. The maximum absolute atomic E-state index is 13.6. The van der Waals surface area contributed by atoms with E-state index in [4.69, 9.17) is 5.73 Å². The van der Waals surface area contributed by atoms with Gasteiger partial charge in [0.15, 0.2) is 11.5 Å². The first-order chi connectivity index (χ1) is 13.8. The molecular weight excluding hydrogens is 401 g/mol. The molecule has 4 N–H and O–H groups in total. The van der Waals surface area contributed by atoms with E-state index >= 15 is 0 Å². The number of carbonyl (C=O) groups is 2. The van der Waals surface area contributed by atoms with Crippen molar-refractivity contribution in [1.82, 2.24) is 9.78 Å². The number of nitrogens with one attached hydrogen (secondary N) is 1. The zero-order chi connectivity index (χ0) is 22.4. The van der Waals surface area contributed by atoms with Crippen molar-refractivity contribution in [3.63, 3.8) is 0 Å². The van der Waals surface area contributed by atoms with Crippen LogP contribution in [-0.4, -0.2) is 39.2 Å². The van der Waals surface area contributed by atoms with Crippen molar-refractivity contribution in [3.8, 4) is 5.69 Å². The highest BCUT2D eigenvalue weighted by molar-refractivity contribution is 6.00. The highest BCUT2D eigenvalue weighted by Crippen LogP contribution is 2.42. The molecule has 0 radical (unpaired) electrons. The molecule has 3 rings (SSSR count). The van der Waals surface area contributed by atoms with Crippen molar-refractivity contribution >= 4 is 17.4 Å². The average molecular weight is 424 g/mol. The summed E-state index contributed by atoms with van der Waals surface area (Å²) in [6.07, 6.45) is -5.29. The molecule has 1 aromatic carbocycles. The summed E-state index contributed by atoms with van der Waals surface area (Å²) >= 11 is 0. The Hall–Kier alpha value is -2.88. The maximum Gasteiger partial charge on any atom is 0.435 e. The number of Topliss-reactive ketones (excluding diaryl/α,β-unsaturated/α-hetero) is 1. The number of rotatable bonds is 5. The highest BCUT2D eigenvalue weighted by Gasteiger charge is 2.45. The van der Waals surface area contributed by atoms with Crippen LogP contribution in [0, 0.1) is 5.41 Å². The SMILES string of the molecule is C[C@H](O)CNc1cc(-n2nc(C(F)(F)F)c3c2CC(C)(C)CC3=O)ccc1C(N)=O. The van der Waals surface area contributed by atoms with Gasteiger partial charge in [0.1, 0.15) is 0 Å². The van der Waals surface area contributed by atoms with Gasteiger partial charge in [-0.25, -0.2) is 4.68 Å². The molecule has 1 heterocycles. The summed E-state index contributed by atoms with van der Waals surface area (Å²) in [5.74, 6) is -1.33. The zero-order valence-electron chi connectivity index (χ0n) is 16.8. The lowest BCUT2D eigenvalue weighted by Gasteiger charge is -2.29. The number of benzene rings is 1. The normalized spacial score (nSPS) is 16.8. The number of hydrogen-bond donors (Lipinski definition) is 3. The molecule has 7 nitrogen and oxygen atoms in total. The quantitative estimate of drug-likeness (QED) is 0.684. The number of halogens is 3. The van der Waals surface area contributed by atoms with Crippen molar-refractivity contribution in [2.24, 2.45) is 11.1 Å². The van der Waals surface area contributed by atoms with Gasteiger partial charge in [0.2, 0.25) is 0 Å². The van der Waals surface area contributed by atoms with Crippen molar-refractivity contribution in [1.29, 1.82) is 0 Å². The molecule has 0 spiro atoms. The molecule has 0 saturated heterocycles. The van der Waals surface area contributed by atoms with Gasteiger partial charge < -0.3 is 16.2 Å². The number of anilines is 1. The molecule has 0 saturated carbocycles. The molecule has 1 aliphatic rings. The molecule has 10 heteroatoms. The number of fused-ring (bicyclic) bond motifs is 1. The fourth-order valence-corrected chi connectivity index (χ4v) is 3.64. The molecule has 0 fully saturated rings. The van der Waals surface area contributed by atoms with Crippen LogP contribution in [-0.2, 0) is 12.6 Å². The number of nitrogens with zero attached hydrogens (tertiary/aromatic N) is 2. The van der Waals surface area contributed by atoms with E-state index in [1.54, 1.807) is 0 Å². The first kappa shape index (κ1) is 21.8. The van der Waals surface area contributed by atoms with E-state index < -0.39 is 40.6 Å². The van der Waals surface area contributed by atoms with Gasteiger partial charge in [0.05, 0.1) is 28.6 Å². The number of amides is 1. The lowest BCUT2D eigenvalue weighted by atomic mass is 9.75.